The zero-order valence-electron chi connectivity index (χ0n) is 15.3. The minimum atomic E-state index is -0.390. The van der Waals surface area contributed by atoms with Gasteiger partial charge in [-0.05, 0) is 25.5 Å². The summed E-state index contributed by atoms with van der Waals surface area (Å²) in [7, 11) is 3.01. The van der Waals surface area contributed by atoms with Gasteiger partial charge >= 0.3 is 5.97 Å². The average molecular weight is 353 g/mol. The maximum atomic E-state index is 13.0. The summed E-state index contributed by atoms with van der Waals surface area (Å²) >= 11 is 0. The SMILES string of the molecule is CCOC(=O)CCN(C(=O)c1cc(OC)cc(OC)c1)C(CC)CO. The number of hydrogen-bond donors (Lipinski definition) is 1. The van der Waals surface area contributed by atoms with Crippen molar-refractivity contribution < 1.29 is 28.9 Å². The van der Waals surface area contributed by atoms with Crippen molar-refractivity contribution in [1.82, 2.24) is 4.90 Å². The first-order valence-corrected chi connectivity index (χ1v) is 8.31. The highest BCUT2D eigenvalue weighted by atomic mass is 16.5. The lowest BCUT2D eigenvalue weighted by Gasteiger charge is -2.30. The van der Waals surface area contributed by atoms with E-state index in [0.29, 0.717) is 23.5 Å². The summed E-state index contributed by atoms with van der Waals surface area (Å²) in [5.74, 6) is 0.300. The van der Waals surface area contributed by atoms with E-state index in [4.69, 9.17) is 14.2 Å². The van der Waals surface area contributed by atoms with Crippen LogP contribution in [0.5, 0.6) is 11.5 Å². The average Bonchev–Trinajstić information content (AvgIpc) is 2.64. The number of ether oxygens (including phenoxy) is 3. The van der Waals surface area contributed by atoms with Crippen molar-refractivity contribution in [3.8, 4) is 11.5 Å². The molecule has 7 heteroatoms. The van der Waals surface area contributed by atoms with Gasteiger partial charge in [0.2, 0.25) is 0 Å². The van der Waals surface area contributed by atoms with Crippen LogP contribution in [0, 0.1) is 0 Å². The number of nitrogens with zero attached hydrogens (tertiary/aromatic N) is 1. The Balaban J connectivity index is 3.07. The van der Waals surface area contributed by atoms with Crippen molar-refractivity contribution in [1.29, 1.82) is 0 Å². The summed E-state index contributed by atoms with van der Waals surface area (Å²) in [5, 5.41) is 9.60. The van der Waals surface area contributed by atoms with Crippen LogP contribution in [-0.4, -0.2) is 61.9 Å². The van der Waals surface area contributed by atoms with Crippen LogP contribution < -0.4 is 9.47 Å². The molecule has 0 aliphatic heterocycles. The van der Waals surface area contributed by atoms with Crippen molar-refractivity contribution in [2.24, 2.45) is 0 Å². The summed E-state index contributed by atoms with van der Waals surface area (Å²) in [6.45, 7) is 3.86. The van der Waals surface area contributed by atoms with Crippen LogP contribution in [0.25, 0.3) is 0 Å². The van der Waals surface area contributed by atoms with Gasteiger partial charge in [0.05, 0.1) is 39.9 Å². The molecule has 0 saturated carbocycles. The second-order valence-electron chi connectivity index (χ2n) is 5.40. The molecule has 0 spiro atoms. The maximum Gasteiger partial charge on any atom is 0.307 e. The van der Waals surface area contributed by atoms with Gasteiger partial charge in [-0.1, -0.05) is 6.92 Å². The third kappa shape index (κ3) is 5.94. The minimum Gasteiger partial charge on any atom is -0.497 e. The molecule has 1 rings (SSSR count). The maximum absolute atomic E-state index is 13.0. The van der Waals surface area contributed by atoms with Crippen LogP contribution in [0.4, 0.5) is 0 Å². The molecule has 0 heterocycles. The number of carbonyl (C=O) groups is 2. The molecule has 140 valence electrons. The third-order valence-corrected chi connectivity index (χ3v) is 3.84. The predicted molar refractivity (Wildman–Crippen MR) is 93.0 cm³/mol. The predicted octanol–water partition coefficient (Wildman–Crippen LogP) is 1.87. The molecule has 1 aromatic carbocycles. The largest absolute Gasteiger partial charge is 0.497 e. The molecule has 1 atom stereocenters. The van der Waals surface area contributed by atoms with Gasteiger partial charge in [0, 0.05) is 18.2 Å². The fourth-order valence-electron chi connectivity index (χ4n) is 2.44. The molecule has 0 aliphatic carbocycles. The lowest BCUT2D eigenvalue weighted by molar-refractivity contribution is -0.143. The lowest BCUT2D eigenvalue weighted by Crippen LogP contribution is -2.43. The monoisotopic (exact) mass is 353 g/mol. The number of amides is 1. The molecule has 0 bridgehead atoms. The lowest BCUT2D eigenvalue weighted by atomic mass is 10.1. The summed E-state index contributed by atoms with van der Waals surface area (Å²) in [5.41, 5.74) is 0.368. The molecule has 1 unspecified atom stereocenters. The van der Waals surface area contributed by atoms with E-state index >= 15 is 0 Å². The summed E-state index contributed by atoms with van der Waals surface area (Å²) in [6.07, 6.45) is 0.628. The molecule has 1 aromatic rings. The fourth-order valence-corrected chi connectivity index (χ4v) is 2.44. The number of aliphatic hydroxyl groups is 1. The Kier molecular flexibility index (Phi) is 8.77. The van der Waals surface area contributed by atoms with Gasteiger partial charge in [-0.25, -0.2) is 0 Å². The van der Waals surface area contributed by atoms with Gasteiger partial charge in [0.25, 0.3) is 5.91 Å². The van der Waals surface area contributed by atoms with Crippen LogP contribution in [0.3, 0.4) is 0 Å². The van der Waals surface area contributed by atoms with Gasteiger partial charge < -0.3 is 24.2 Å². The molecular formula is C18H27NO6. The zero-order chi connectivity index (χ0) is 18.8. The normalized spacial score (nSPS) is 11.6. The van der Waals surface area contributed by atoms with Gasteiger partial charge in [0.15, 0.2) is 0 Å². The molecule has 7 nitrogen and oxygen atoms in total. The van der Waals surface area contributed by atoms with Crippen LogP contribution in [0.1, 0.15) is 37.0 Å². The highest BCUT2D eigenvalue weighted by molar-refractivity contribution is 5.95. The van der Waals surface area contributed by atoms with E-state index in [2.05, 4.69) is 0 Å². The molecule has 0 aliphatic rings. The van der Waals surface area contributed by atoms with Gasteiger partial charge in [-0.3, -0.25) is 9.59 Å². The summed E-state index contributed by atoms with van der Waals surface area (Å²) < 4.78 is 15.3. The molecule has 0 radical (unpaired) electrons. The van der Waals surface area contributed by atoms with E-state index < -0.39 is 0 Å². The number of benzene rings is 1. The first-order chi connectivity index (χ1) is 12.0. The van der Waals surface area contributed by atoms with Gasteiger partial charge in [0.1, 0.15) is 11.5 Å². The Morgan fingerprint density at radius 2 is 1.72 bits per heavy atom. The van der Waals surface area contributed by atoms with E-state index in [1.165, 1.54) is 19.1 Å². The van der Waals surface area contributed by atoms with Crippen LogP contribution >= 0.6 is 0 Å². The second-order valence-corrected chi connectivity index (χ2v) is 5.40. The number of hydrogen-bond acceptors (Lipinski definition) is 6. The van der Waals surface area contributed by atoms with E-state index in [9.17, 15) is 14.7 Å². The van der Waals surface area contributed by atoms with Crippen LogP contribution in [-0.2, 0) is 9.53 Å². The van der Waals surface area contributed by atoms with E-state index in [1.807, 2.05) is 6.92 Å². The molecule has 0 fully saturated rings. The van der Waals surface area contributed by atoms with Crippen molar-refractivity contribution in [3.63, 3.8) is 0 Å². The number of aliphatic hydroxyl groups excluding tert-OH is 1. The number of rotatable bonds is 10. The molecule has 0 saturated heterocycles. The Morgan fingerprint density at radius 3 is 2.16 bits per heavy atom. The molecule has 1 amide bonds. The Hall–Kier alpha value is -2.28. The van der Waals surface area contributed by atoms with Crippen molar-refractivity contribution in [3.05, 3.63) is 23.8 Å². The molecule has 1 N–H and O–H groups in total. The highest BCUT2D eigenvalue weighted by Gasteiger charge is 2.25. The van der Waals surface area contributed by atoms with Crippen molar-refractivity contribution >= 4 is 11.9 Å². The van der Waals surface area contributed by atoms with Crippen LogP contribution in [0.2, 0.25) is 0 Å². The van der Waals surface area contributed by atoms with Gasteiger partial charge in [-0.15, -0.1) is 0 Å². The molecule has 25 heavy (non-hydrogen) atoms. The summed E-state index contributed by atoms with van der Waals surface area (Å²) in [4.78, 5) is 26.1. The quantitative estimate of drug-likeness (QED) is 0.647. The first kappa shape index (κ1) is 20.8. The number of methoxy groups -OCH3 is 2. The summed E-state index contributed by atoms with van der Waals surface area (Å²) in [6, 6.07) is 4.49. The molecule has 0 aromatic heterocycles. The Labute approximate surface area is 148 Å². The highest BCUT2D eigenvalue weighted by Crippen LogP contribution is 2.24. The number of carbonyl (C=O) groups excluding carboxylic acids is 2. The van der Waals surface area contributed by atoms with Crippen molar-refractivity contribution in [2.75, 3.05) is 34.0 Å². The number of esters is 1. The van der Waals surface area contributed by atoms with Crippen LogP contribution in [0.15, 0.2) is 18.2 Å². The fraction of sp³-hybridized carbons (Fsp3) is 0.556. The minimum absolute atomic E-state index is 0.0667. The topological polar surface area (TPSA) is 85.3 Å². The standard InChI is InChI=1S/C18H27NO6/c1-5-14(12-20)19(8-7-17(21)25-6-2)18(22)13-9-15(23-3)11-16(10-13)24-4/h9-11,14,20H,5-8,12H2,1-4H3. The van der Waals surface area contributed by atoms with Crippen molar-refractivity contribution in [2.45, 2.75) is 32.7 Å². The Bertz CT molecular complexity index is 548. The van der Waals surface area contributed by atoms with E-state index in [0.717, 1.165) is 0 Å². The van der Waals surface area contributed by atoms with E-state index in [1.54, 1.807) is 25.1 Å². The van der Waals surface area contributed by atoms with E-state index in [-0.39, 0.29) is 44.1 Å². The van der Waals surface area contributed by atoms with Gasteiger partial charge in [-0.2, -0.15) is 0 Å². The zero-order valence-corrected chi connectivity index (χ0v) is 15.3. The Morgan fingerprint density at radius 1 is 1.12 bits per heavy atom. The molecular weight excluding hydrogens is 326 g/mol. The second kappa shape index (κ2) is 10.6. The smallest absolute Gasteiger partial charge is 0.307 e. The third-order valence-electron chi connectivity index (χ3n) is 3.84. The first-order valence-electron chi connectivity index (χ1n) is 8.31.